The maximum Gasteiger partial charge on any atom is 0.0558 e. The molecule has 0 saturated heterocycles. The van der Waals surface area contributed by atoms with Crippen molar-refractivity contribution in [2.24, 2.45) is 0 Å². The molecule has 0 aromatic heterocycles. The Morgan fingerprint density at radius 3 is 1.44 bits per heavy atom. The zero-order valence-electron chi connectivity index (χ0n) is 17.5. The zero-order chi connectivity index (χ0) is 19.4. The van der Waals surface area contributed by atoms with Gasteiger partial charge in [-0.25, -0.2) is 0 Å². The zero-order valence-corrected chi connectivity index (χ0v) is 17.5. The van der Waals surface area contributed by atoms with E-state index in [2.05, 4.69) is 35.2 Å². The van der Waals surface area contributed by atoms with Crippen LogP contribution in [0.2, 0.25) is 0 Å². The molecule has 0 saturated carbocycles. The van der Waals surface area contributed by atoms with Gasteiger partial charge >= 0.3 is 0 Å². The van der Waals surface area contributed by atoms with Crippen molar-refractivity contribution in [1.82, 2.24) is 4.90 Å². The first-order valence-electron chi connectivity index (χ1n) is 11.3. The first-order valence-corrected chi connectivity index (χ1v) is 11.3. The van der Waals surface area contributed by atoms with Gasteiger partial charge in [-0.2, -0.15) is 0 Å². The Balaban J connectivity index is 1.77. The normalized spacial score (nSPS) is 11.4. The number of nitrogens with zero attached hydrogens (tertiary/aromatic N) is 1. The maximum atomic E-state index is 8.99. The SMILES string of the molecule is OCCN(CCO)CCCCCCCCCCCCCCc1ccccc1. The van der Waals surface area contributed by atoms with E-state index in [4.69, 9.17) is 10.2 Å². The van der Waals surface area contributed by atoms with Gasteiger partial charge in [-0.15, -0.1) is 0 Å². The average Bonchev–Trinajstić information content (AvgIpc) is 2.69. The van der Waals surface area contributed by atoms with Crippen LogP contribution in [-0.2, 0) is 6.42 Å². The lowest BCUT2D eigenvalue weighted by Gasteiger charge is -2.19. The van der Waals surface area contributed by atoms with Crippen LogP contribution < -0.4 is 0 Å². The fraction of sp³-hybridized carbons (Fsp3) is 0.750. The Morgan fingerprint density at radius 1 is 0.519 bits per heavy atom. The summed E-state index contributed by atoms with van der Waals surface area (Å²) in [6.07, 6.45) is 17.5. The third kappa shape index (κ3) is 14.8. The fourth-order valence-corrected chi connectivity index (χ4v) is 3.70. The molecule has 1 aromatic carbocycles. The Kier molecular flexibility index (Phi) is 16.5. The fourth-order valence-electron chi connectivity index (χ4n) is 3.70. The van der Waals surface area contributed by atoms with E-state index in [1.165, 1.54) is 89.0 Å². The summed E-state index contributed by atoms with van der Waals surface area (Å²) in [6.45, 7) is 2.76. The summed E-state index contributed by atoms with van der Waals surface area (Å²) in [5.41, 5.74) is 1.48. The number of rotatable bonds is 19. The van der Waals surface area contributed by atoms with Crippen molar-refractivity contribution in [3.05, 3.63) is 35.9 Å². The second kappa shape index (κ2) is 18.5. The predicted octanol–water partition coefficient (Wildman–Crippen LogP) is 5.20. The molecule has 3 nitrogen and oxygen atoms in total. The molecule has 2 N–H and O–H groups in total. The smallest absolute Gasteiger partial charge is 0.0558 e. The molecule has 0 aliphatic carbocycles. The topological polar surface area (TPSA) is 43.7 Å². The van der Waals surface area contributed by atoms with Crippen LogP contribution in [0.5, 0.6) is 0 Å². The van der Waals surface area contributed by atoms with Gasteiger partial charge < -0.3 is 10.2 Å². The molecule has 0 aliphatic rings. The Hall–Kier alpha value is -0.900. The van der Waals surface area contributed by atoms with Crippen molar-refractivity contribution in [2.75, 3.05) is 32.8 Å². The molecular weight excluding hydrogens is 334 g/mol. The Labute approximate surface area is 167 Å². The van der Waals surface area contributed by atoms with Gasteiger partial charge in [0, 0.05) is 13.1 Å². The predicted molar refractivity (Wildman–Crippen MR) is 116 cm³/mol. The van der Waals surface area contributed by atoms with Gasteiger partial charge in [0.25, 0.3) is 0 Å². The van der Waals surface area contributed by atoms with Crippen LogP contribution in [0.15, 0.2) is 30.3 Å². The molecule has 156 valence electrons. The van der Waals surface area contributed by atoms with Crippen molar-refractivity contribution in [1.29, 1.82) is 0 Å². The number of benzene rings is 1. The minimum absolute atomic E-state index is 0.188. The summed E-state index contributed by atoms with van der Waals surface area (Å²) < 4.78 is 0. The first-order chi connectivity index (χ1) is 13.4. The molecule has 0 amide bonds. The third-order valence-corrected chi connectivity index (χ3v) is 5.37. The minimum atomic E-state index is 0.188. The standard InChI is InChI=1S/C24H43NO2/c26-22-20-25(21-23-27)19-15-10-8-6-4-2-1-3-5-7-9-12-16-24-17-13-11-14-18-24/h11,13-14,17-18,26-27H,1-10,12,15-16,19-23H2. The van der Waals surface area contributed by atoms with Gasteiger partial charge in [-0.05, 0) is 31.4 Å². The molecule has 0 bridgehead atoms. The average molecular weight is 378 g/mol. The monoisotopic (exact) mass is 377 g/mol. The number of hydrogen-bond acceptors (Lipinski definition) is 3. The number of aryl methyl sites for hydroxylation is 1. The largest absolute Gasteiger partial charge is 0.395 e. The highest BCUT2D eigenvalue weighted by atomic mass is 16.3. The molecule has 0 radical (unpaired) electrons. The van der Waals surface area contributed by atoms with Crippen molar-refractivity contribution in [3.8, 4) is 0 Å². The second-order valence-corrected chi connectivity index (χ2v) is 7.77. The summed E-state index contributed by atoms with van der Waals surface area (Å²) in [7, 11) is 0. The van der Waals surface area contributed by atoms with Gasteiger partial charge in [0.2, 0.25) is 0 Å². The van der Waals surface area contributed by atoms with Crippen molar-refractivity contribution < 1.29 is 10.2 Å². The molecule has 0 spiro atoms. The van der Waals surface area contributed by atoms with E-state index < -0.39 is 0 Å². The van der Waals surface area contributed by atoms with Crippen LogP contribution in [0.3, 0.4) is 0 Å². The lowest BCUT2D eigenvalue weighted by Crippen LogP contribution is -2.30. The molecular formula is C24H43NO2. The summed E-state index contributed by atoms with van der Waals surface area (Å²) >= 11 is 0. The Bertz CT molecular complexity index is 404. The first kappa shape index (κ1) is 24.1. The van der Waals surface area contributed by atoms with Crippen LogP contribution in [-0.4, -0.2) is 48.0 Å². The molecule has 1 rings (SSSR count). The number of unbranched alkanes of at least 4 members (excludes halogenated alkanes) is 11. The minimum Gasteiger partial charge on any atom is -0.395 e. The van der Waals surface area contributed by atoms with E-state index in [9.17, 15) is 0 Å². The van der Waals surface area contributed by atoms with Gasteiger partial charge in [-0.1, -0.05) is 94.5 Å². The van der Waals surface area contributed by atoms with Gasteiger partial charge in [0.1, 0.15) is 0 Å². The molecule has 0 unspecified atom stereocenters. The molecule has 27 heavy (non-hydrogen) atoms. The highest BCUT2D eigenvalue weighted by molar-refractivity contribution is 5.14. The summed E-state index contributed by atoms with van der Waals surface area (Å²) in [5.74, 6) is 0. The van der Waals surface area contributed by atoms with Crippen LogP contribution in [0, 0.1) is 0 Å². The van der Waals surface area contributed by atoms with Crippen LogP contribution in [0.25, 0.3) is 0 Å². The van der Waals surface area contributed by atoms with Crippen LogP contribution >= 0.6 is 0 Å². The van der Waals surface area contributed by atoms with Crippen molar-refractivity contribution >= 4 is 0 Å². The number of aliphatic hydroxyl groups excluding tert-OH is 2. The lowest BCUT2D eigenvalue weighted by molar-refractivity contribution is 0.159. The van der Waals surface area contributed by atoms with E-state index >= 15 is 0 Å². The second-order valence-electron chi connectivity index (χ2n) is 7.77. The summed E-state index contributed by atoms with van der Waals surface area (Å²) in [5, 5.41) is 18.0. The maximum absolute atomic E-state index is 8.99. The lowest BCUT2D eigenvalue weighted by atomic mass is 10.0. The highest BCUT2D eigenvalue weighted by Crippen LogP contribution is 2.13. The van der Waals surface area contributed by atoms with Gasteiger partial charge in [-0.3, -0.25) is 4.90 Å². The molecule has 0 aliphatic heterocycles. The van der Waals surface area contributed by atoms with Crippen molar-refractivity contribution in [3.63, 3.8) is 0 Å². The van der Waals surface area contributed by atoms with E-state index in [1.54, 1.807) is 0 Å². The van der Waals surface area contributed by atoms with E-state index in [-0.39, 0.29) is 13.2 Å². The van der Waals surface area contributed by atoms with Crippen molar-refractivity contribution in [2.45, 2.75) is 83.5 Å². The molecule has 1 aromatic rings. The molecule has 3 heteroatoms. The number of aliphatic hydroxyl groups is 2. The third-order valence-electron chi connectivity index (χ3n) is 5.37. The molecule has 0 atom stereocenters. The molecule has 0 fully saturated rings. The van der Waals surface area contributed by atoms with E-state index in [0.717, 1.165) is 6.54 Å². The van der Waals surface area contributed by atoms with Crippen LogP contribution in [0.4, 0.5) is 0 Å². The summed E-state index contributed by atoms with van der Waals surface area (Å²) in [6, 6.07) is 10.8. The van der Waals surface area contributed by atoms with Gasteiger partial charge in [0.05, 0.1) is 13.2 Å². The van der Waals surface area contributed by atoms with Crippen LogP contribution in [0.1, 0.15) is 82.6 Å². The quantitative estimate of drug-likeness (QED) is 0.326. The van der Waals surface area contributed by atoms with E-state index in [0.29, 0.717) is 13.1 Å². The van der Waals surface area contributed by atoms with E-state index in [1.807, 2.05) is 0 Å². The van der Waals surface area contributed by atoms with Gasteiger partial charge in [0.15, 0.2) is 0 Å². The highest BCUT2D eigenvalue weighted by Gasteiger charge is 2.02. The summed E-state index contributed by atoms with van der Waals surface area (Å²) in [4.78, 5) is 2.15. The Morgan fingerprint density at radius 2 is 0.963 bits per heavy atom. The molecule has 0 heterocycles. The number of hydrogen-bond donors (Lipinski definition) is 2.